The van der Waals surface area contributed by atoms with E-state index < -0.39 is 0 Å². The van der Waals surface area contributed by atoms with Gasteiger partial charge >= 0.3 is 5.95 Å². The highest BCUT2D eigenvalue weighted by Crippen LogP contribution is 2.28. The third-order valence-electron chi connectivity index (χ3n) is 3.06. The Morgan fingerprint density at radius 3 is 2.65 bits per heavy atom. The monoisotopic (exact) mass is 231 g/mol. The van der Waals surface area contributed by atoms with E-state index in [-0.39, 0.29) is 0 Å². The SMILES string of the molecule is CCOc1cnc(-c2ccc(C)c(C)c2C)o1. The molecule has 90 valence electrons. The summed E-state index contributed by atoms with van der Waals surface area (Å²) in [4.78, 5) is 4.24. The summed E-state index contributed by atoms with van der Waals surface area (Å²) in [6, 6.07) is 4.13. The van der Waals surface area contributed by atoms with E-state index in [1.807, 2.05) is 13.0 Å². The maximum Gasteiger partial charge on any atom is 0.305 e. The molecule has 0 atom stereocenters. The molecule has 0 saturated heterocycles. The van der Waals surface area contributed by atoms with Crippen LogP contribution in [-0.2, 0) is 0 Å². The predicted octanol–water partition coefficient (Wildman–Crippen LogP) is 3.67. The molecule has 0 spiro atoms. The molecule has 0 aliphatic rings. The highest BCUT2D eigenvalue weighted by molar-refractivity contribution is 5.62. The molecule has 0 saturated carbocycles. The lowest BCUT2D eigenvalue weighted by Crippen LogP contribution is -1.90. The van der Waals surface area contributed by atoms with Gasteiger partial charge in [-0.05, 0) is 50.5 Å². The van der Waals surface area contributed by atoms with Gasteiger partial charge in [0.25, 0.3) is 0 Å². The zero-order chi connectivity index (χ0) is 12.4. The number of aromatic nitrogens is 1. The number of ether oxygens (including phenoxy) is 1. The lowest BCUT2D eigenvalue weighted by Gasteiger charge is -2.08. The normalized spacial score (nSPS) is 10.6. The minimum atomic E-state index is 0.472. The fraction of sp³-hybridized carbons (Fsp3) is 0.357. The summed E-state index contributed by atoms with van der Waals surface area (Å²) in [6.45, 7) is 8.81. The molecule has 3 heteroatoms. The average Bonchev–Trinajstić information content (AvgIpc) is 2.75. The molecular weight excluding hydrogens is 214 g/mol. The highest BCUT2D eigenvalue weighted by Gasteiger charge is 2.11. The first-order chi connectivity index (χ1) is 8.13. The van der Waals surface area contributed by atoms with Gasteiger partial charge in [-0.1, -0.05) is 6.07 Å². The van der Waals surface area contributed by atoms with Gasteiger partial charge in [-0.25, -0.2) is 4.98 Å². The van der Waals surface area contributed by atoms with Gasteiger partial charge in [0.2, 0.25) is 5.89 Å². The van der Waals surface area contributed by atoms with E-state index in [0.717, 1.165) is 5.56 Å². The molecule has 1 aromatic heterocycles. The number of oxazole rings is 1. The Bertz CT molecular complexity index is 529. The van der Waals surface area contributed by atoms with Gasteiger partial charge in [0.05, 0.1) is 6.61 Å². The van der Waals surface area contributed by atoms with Gasteiger partial charge in [0.1, 0.15) is 6.20 Å². The first-order valence-corrected chi connectivity index (χ1v) is 5.79. The van der Waals surface area contributed by atoms with Crippen molar-refractivity contribution < 1.29 is 9.15 Å². The molecule has 17 heavy (non-hydrogen) atoms. The molecule has 3 nitrogen and oxygen atoms in total. The summed E-state index contributed by atoms with van der Waals surface area (Å²) in [7, 11) is 0. The van der Waals surface area contributed by atoms with E-state index in [4.69, 9.17) is 9.15 Å². The van der Waals surface area contributed by atoms with E-state index in [9.17, 15) is 0 Å². The highest BCUT2D eigenvalue weighted by atomic mass is 16.6. The maximum atomic E-state index is 5.55. The molecule has 1 aromatic carbocycles. The molecule has 0 amide bonds. The van der Waals surface area contributed by atoms with E-state index in [1.54, 1.807) is 6.20 Å². The quantitative estimate of drug-likeness (QED) is 0.808. The smallest absolute Gasteiger partial charge is 0.305 e. The molecule has 0 unspecified atom stereocenters. The zero-order valence-corrected chi connectivity index (χ0v) is 10.7. The predicted molar refractivity (Wildman–Crippen MR) is 67.3 cm³/mol. The lowest BCUT2D eigenvalue weighted by molar-refractivity contribution is 0.260. The first kappa shape index (κ1) is 11.7. The van der Waals surface area contributed by atoms with Crippen LogP contribution in [0.25, 0.3) is 11.5 Å². The number of aryl methyl sites for hydroxylation is 1. The second-order valence-electron chi connectivity index (χ2n) is 4.10. The first-order valence-electron chi connectivity index (χ1n) is 5.79. The summed E-state index contributed by atoms with van der Waals surface area (Å²) in [6.07, 6.45) is 1.62. The van der Waals surface area contributed by atoms with Crippen LogP contribution < -0.4 is 4.74 Å². The van der Waals surface area contributed by atoms with Crippen LogP contribution in [0.2, 0.25) is 0 Å². The van der Waals surface area contributed by atoms with Crippen molar-refractivity contribution in [3.05, 3.63) is 35.0 Å². The van der Waals surface area contributed by atoms with Crippen molar-refractivity contribution in [1.29, 1.82) is 0 Å². The molecule has 1 heterocycles. The number of hydrogen-bond donors (Lipinski definition) is 0. The topological polar surface area (TPSA) is 35.3 Å². The van der Waals surface area contributed by atoms with Gasteiger partial charge < -0.3 is 9.15 Å². The standard InChI is InChI=1S/C14H17NO2/c1-5-16-13-8-15-14(17-13)12-7-6-9(2)10(3)11(12)4/h6-8H,5H2,1-4H3. The Morgan fingerprint density at radius 2 is 1.94 bits per heavy atom. The molecule has 0 aliphatic carbocycles. The Balaban J connectivity index is 2.42. The Labute approximate surface area is 101 Å². The van der Waals surface area contributed by atoms with Crippen molar-refractivity contribution in [2.45, 2.75) is 27.7 Å². The second kappa shape index (κ2) is 4.62. The fourth-order valence-electron chi connectivity index (χ4n) is 1.78. The summed E-state index contributed by atoms with van der Waals surface area (Å²) < 4.78 is 10.8. The van der Waals surface area contributed by atoms with Crippen molar-refractivity contribution in [3.63, 3.8) is 0 Å². The summed E-state index contributed by atoms with van der Waals surface area (Å²) in [5.41, 5.74) is 4.79. The maximum absolute atomic E-state index is 5.55. The van der Waals surface area contributed by atoms with Crippen LogP contribution in [0, 0.1) is 20.8 Å². The van der Waals surface area contributed by atoms with Crippen molar-refractivity contribution >= 4 is 0 Å². The van der Waals surface area contributed by atoms with Crippen LogP contribution in [0.5, 0.6) is 5.95 Å². The minimum absolute atomic E-state index is 0.472. The van der Waals surface area contributed by atoms with E-state index in [0.29, 0.717) is 18.4 Å². The molecule has 0 radical (unpaired) electrons. The van der Waals surface area contributed by atoms with Crippen molar-refractivity contribution in [3.8, 4) is 17.4 Å². The van der Waals surface area contributed by atoms with E-state index in [2.05, 4.69) is 31.8 Å². The van der Waals surface area contributed by atoms with Crippen LogP contribution in [0.4, 0.5) is 0 Å². The summed E-state index contributed by atoms with van der Waals surface area (Å²) in [5, 5.41) is 0. The number of benzene rings is 1. The third kappa shape index (κ3) is 2.18. The number of hydrogen-bond acceptors (Lipinski definition) is 3. The molecule has 0 aliphatic heterocycles. The Kier molecular flexibility index (Phi) is 3.18. The number of rotatable bonds is 3. The second-order valence-corrected chi connectivity index (χ2v) is 4.10. The van der Waals surface area contributed by atoms with Crippen LogP contribution in [0.15, 0.2) is 22.7 Å². The number of nitrogens with zero attached hydrogens (tertiary/aromatic N) is 1. The largest absolute Gasteiger partial charge is 0.464 e. The van der Waals surface area contributed by atoms with Crippen LogP contribution >= 0.6 is 0 Å². The molecule has 0 fully saturated rings. The third-order valence-corrected chi connectivity index (χ3v) is 3.06. The fourth-order valence-corrected chi connectivity index (χ4v) is 1.78. The van der Waals surface area contributed by atoms with Crippen molar-refractivity contribution in [1.82, 2.24) is 4.98 Å². The molecule has 2 rings (SSSR count). The van der Waals surface area contributed by atoms with Crippen molar-refractivity contribution in [2.75, 3.05) is 6.61 Å². The van der Waals surface area contributed by atoms with Gasteiger partial charge in [-0.3, -0.25) is 0 Å². The minimum Gasteiger partial charge on any atom is -0.464 e. The van der Waals surface area contributed by atoms with Gasteiger partial charge in [-0.2, -0.15) is 0 Å². The summed E-state index contributed by atoms with van der Waals surface area (Å²) >= 11 is 0. The van der Waals surface area contributed by atoms with E-state index in [1.165, 1.54) is 16.7 Å². The van der Waals surface area contributed by atoms with E-state index >= 15 is 0 Å². The zero-order valence-electron chi connectivity index (χ0n) is 10.7. The molecule has 0 bridgehead atoms. The summed E-state index contributed by atoms with van der Waals surface area (Å²) in [5.74, 6) is 1.09. The van der Waals surface area contributed by atoms with Crippen LogP contribution in [0.1, 0.15) is 23.6 Å². The van der Waals surface area contributed by atoms with Crippen LogP contribution in [-0.4, -0.2) is 11.6 Å². The van der Waals surface area contributed by atoms with Gasteiger partial charge in [0, 0.05) is 5.56 Å². The molecular formula is C14H17NO2. The van der Waals surface area contributed by atoms with Crippen molar-refractivity contribution in [2.24, 2.45) is 0 Å². The Morgan fingerprint density at radius 1 is 1.18 bits per heavy atom. The van der Waals surface area contributed by atoms with Crippen LogP contribution in [0.3, 0.4) is 0 Å². The van der Waals surface area contributed by atoms with Gasteiger partial charge in [0.15, 0.2) is 0 Å². The Hall–Kier alpha value is -1.77. The van der Waals surface area contributed by atoms with Gasteiger partial charge in [-0.15, -0.1) is 0 Å². The average molecular weight is 231 g/mol. The molecule has 0 N–H and O–H groups in total. The molecule has 2 aromatic rings. The lowest BCUT2D eigenvalue weighted by atomic mass is 9.99.